The van der Waals surface area contributed by atoms with Crippen LogP contribution in [0.2, 0.25) is 0 Å². The van der Waals surface area contributed by atoms with Gasteiger partial charge in [-0.15, -0.1) is 11.3 Å². The molecule has 0 unspecified atom stereocenters. The Morgan fingerprint density at radius 1 is 1.21 bits per heavy atom. The molecule has 4 aliphatic rings. The first-order valence-electron chi connectivity index (χ1n) is 15.7. The van der Waals surface area contributed by atoms with Crippen molar-refractivity contribution in [2.24, 2.45) is 0 Å². The molecule has 0 aliphatic carbocycles. The molecule has 1 amide bonds. The number of carbonyl (C=O) groups is 2. The smallest absolute Gasteiger partial charge is 0.410 e. The zero-order chi connectivity index (χ0) is 33.6. The quantitative estimate of drug-likeness (QED) is 0.355. The molecule has 3 aromatic rings. The number of carboxylic acids is 1. The summed E-state index contributed by atoms with van der Waals surface area (Å²) in [5, 5.41) is 12.1. The summed E-state index contributed by atoms with van der Waals surface area (Å²) in [4.78, 5) is 39.6. The van der Waals surface area contributed by atoms with E-state index in [0.29, 0.717) is 67.3 Å². The van der Waals surface area contributed by atoms with E-state index in [4.69, 9.17) is 23.9 Å². The molecule has 1 spiro atoms. The lowest BCUT2D eigenvalue weighted by molar-refractivity contribution is -0.228. The lowest BCUT2D eigenvalue weighted by atomic mass is 9.90. The molecular weight excluding hydrogens is 648 g/mol. The molecule has 254 valence electrons. The van der Waals surface area contributed by atoms with Gasteiger partial charge < -0.3 is 38.8 Å². The van der Waals surface area contributed by atoms with Crippen LogP contribution in [0.4, 0.5) is 25.0 Å². The Morgan fingerprint density at radius 3 is 2.73 bits per heavy atom. The van der Waals surface area contributed by atoms with E-state index in [1.54, 1.807) is 34.2 Å². The van der Waals surface area contributed by atoms with Crippen molar-refractivity contribution in [1.29, 1.82) is 0 Å². The van der Waals surface area contributed by atoms with E-state index in [2.05, 4.69) is 16.8 Å². The lowest BCUT2D eigenvalue weighted by Gasteiger charge is -2.53. The number of aromatic nitrogens is 2. The van der Waals surface area contributed by atoms with Gasteiger partial charge in [-0.05, 0) is 47.7 Å². The number of hydrogen-bond acceptors (Lipinski definition) is 11. The molecule has 0 aromatic carbocycles. The highest BCUT2D eigenvalue weighted by molar-refractivity contribution is 7.13. The number of morpholine rings is 1. The molecule has 48 heavy (non-hydrogen) atoms. The van der Waals surface area contributed by atoms with E-state index in [1.807, 2.05) is 17.5 Å². The summed E-state index contributed by atoms with van der Waals surface area (Å²) in [5.74, 6) is -0.764. The summed E-state index contributed by atoms with van der Waals surface area (Å²) in [6, 6.07) is 7.37. The fourth-order valence-corrected chi connectivity index (χ4v) is 7.46. The van der Waals surface area contributed by atoms with E-state index in [0.717, 1.165) is 11.1 Å². The van der Waals surface area contributed by atoms with Gasteiger partial charge in [0.15, 0.2) is 0 Å². The molecule has 3 fully saturated rings. The maximum Gasteiger partial charge on any atom is 0.410 e. The molecule has 0 saturated carbocycles. The van der Waals surface area contributed by atoms with Gasteiger partial charge in [0.2, 0.25) is 5.88 Å². The number of rotatable bonds is 8. The van der Waals surface area contributed by atoms with Gasteiger partial charge >= 0.3 is 12.1 Å². The van der Waals surface area contributed by atoms with Gasteiger partial charge in [-0.2, -0.15) is 0 Å². The van der Waals surface area contributed by atoms with Gasteiger partial charge in [0.25, 0.3) is 6.43 Å². The van der Waals surface area contributed by atoms with Crippen molar-refractivity contribution >= 4 is 40.3 Å². The predicted octanol–water partition coefficient (Wildman–Crippen LogP) is 4.71. The number of carbonyl (C=O) groups excluding carboxylic acids is 1. The first-order chi connectivity index (χ1) is 23.2. The van der Waals surface area contributed by atoms with Crippen molar-refractivity contribution in [2.75, 3.05) is 62.9 Å². The topological polar surface area (TPSA) is 127 Å². The van der Waals surface area contributed by atoms with Crippen LogP contribution >= 0.6 is 11.3 Å². The zero-order valence-electron chi connectivity index (χ0n) is 26.4. The van der Waals surface area contributed by atoms with Gasteiger partial charge in [0.1, 0.15) is 29.1 Å². The van der Waals surface area contributed by atoms with Crippen LogP contribution in [-0.4, -0.2) is 109 Å². The molecule has 15 heteroatoms. The fraction of sp³-hybridized carbons (Fsp3) is 0.455. The van der Waals surface area contributed by atoms with E-state index >= 15 is 0 Å². The van der Waals surface area contributed by atoms with Crippen molar-refractivity contribution in [3.05, 3.63) is 59.2 Å². The standard InChI is InChI=1S/C33H35F2N5O7S/c1-19-33(17-45-18-33)46-8-7-39(19)26-10-21(20-5-6-38(15-20)32(43)44-2)14-36-30(26)47-23-13-27(31(41)42)40(16-23)22-11-24(28-4-3-9-48-28)37-25(12-22)29(34)35/h3-5,9-12,14,19,23,27,29H,6-8,13,15-18H2,1-2H3,(H,41,42)/t19-,23-,27-/m0/s1. The van der Waals surface area contributed by atoms with E-state index < -0.39 is 41.9 Å². The summed E-state index contributed by atoms with van der Waals surface area (Å²) in [5.41, 5.74) is 2.23. The average molecular weight is 684 g/mol. The third-order valence-corrected chi connectivity index (χ3v) is 10.4. The number of hydrogen-bond donors (Lipinski definition) is 1. The number of halogens is 2. The number of carboxylic acid groups (broad SMARTS) is 1. The van der Waals surface area contributed by atoms with Crippen LogP contribution in [0.25, 0.3) is 16.1 Å². The molecular formula is C33H35F2N5O7S. The largest absolute Gasteiger partial charge is 0.480 e. The molecule has 4 aliphatic heterocycles. The predicted molar refractivity (Wildman–Crippen MR) is 173 cm³/mol. The fourth-order valence-electron chi connectivity index (χ4n) is 6.77. The molecule has 0 radical (unpaired) electrons. The van der Waals surface area contributed by atoms with E-state index in [-0.39, 0.29) is 19.0 Å². The first kappa shape index (κ1) is 32.2. The van der Waals surface area contributed by atoms with Crippen LogP contribution < -0.4 is 14.5 Å². The molecule has 7 heterocycles. The second-order valence-corrected chi connectivity index (χ2v) is 13.2. The maximum atomic E-state index is 14.0. The third kappa shape index (κ3) is 5.94. The molecule has 3 aromatic heterocycles. The number of aliphatic carboxylic acids is 1. The molecule has 12 nitrogen and oxygen atoms in total. The number of pyridine rings is 2. The van der Waals surface area contributed by atoms with Gasteiger partial charge in [0, 0.05) is 37.9 Å². The summed E-state index contributed by atoms with van der Waals surface area (Å²) in [6.45, 7) is 4.93. The number of anilines is 2. The number of methoxy groups -OCH3 is 1. The molecule has 3 atom stereocenters. The van der Waals surface area contributed by atoms with Crippen LogP contribution in [0, 0.1) is 0 Å². The highest BCUT2D eigenvalue weighted by atomic mass is 32.1. The van der Waals surface area contributed by atoms with Gasteiger partial charge in [-0.1, -0.05) is 12.1 Å². The SMILES string of the molecule is COC(=O)N1CC=C(c2cnc(O[C@H]3C[C@@H](C(=O)O)N(c4cc(-c5cccs5)nc(C(F)F)c4)C3)c(N3CCOC4(COC4)[C@@H]3C)c2)C1. The van der Waals surface area contributed by atoms with Crippen molar-refractivity contribution in [1.82, 2.24) is 14.9 Å². The van der Waals surface area contributed by atoms with E-state index in [1.165, 1.54) is 24.5 Å². The van der Waals surface area contributed by atoms with Gasteiger partial charge in [-0.3, -0.25) is 0 Å². The van der Waals surface area contributed by atoms with Crippen molar-refractivity contribution < 1.29 is 42.4 Å². The van der Waals surface area contributed by atoms with Crippen LogP contribution in [-0.2, 0) is 19.0 Å². The van der Waals surface area contributed by atoms with Crippen LogP contribution in [0.15, 0.2) is 48.0 Å². The Bertz CT molecular complexity index is 1720. The average Bonchev–Trinajstić information content (AvgIpc) is 3.86. The molecule has 1 N–H and O–H groups in total. The number of ether oxygens (including phenoxy) is 4. The number of thiophene rings is 1. The summed E-state index contributed by atoms with van der Waals surface area (Å²) < 4.78 is 51.0. The maximum absolute atomic E-state index is 14.0. The Hall–Kier alpha value is -4.34. The summed E-state index contributed by atoms with van der Waals surface area (Å²) in [7, 11) is 1.35. The number of nitrogens with zero attached hydrogens (tertiary/aromatic N) is 5. The minimum absolute atomic E-state index is 0.0874. The van der Waals surface area contributed by atoms with E-state index in [9.17, 15) is 23.5 Å². The van der Waals surface area contributed by atoms with Crippen molar-refractivity contribution in [3.8, 4) is 16.5 Å². The second-order valence-electron chi connectivity index (χ2n) is 12.3. The summed E-state index contributed by atoms with van der Waals surface area (Å²) in [6.07, 6.45) is -0.114. The number of amides is 1. The Kier molecular flexibility index (Phi) is 8.68. The Morgan fingerprint density at radius 2 is 2.04 bits per heavy atom. The molecule has 0 bridgehead atoms. The normalized spacial score (nSPS) is 23.4. The Labute approximate surface area is 279 Å². The minimum Gasteiger partial charge on any atom is -0.480 e. The highest BCUT2D eigenvalue weighted by Crippen LogP contribution is 2.41. The van der Waals surface area contributed by atoms with Crippen molar-refractivity contribution in [2.45, 2.75) is 43.6 Å². The van der Waals surface area contributed by atoms with Crippen LogP contribution in [0.1, 0.15) is 31.0 Å². The number of alkyl halides is 2. The molecule has 7 rings (SSSR count). The first-order valence-corrected chi connectivity index (χ1v) is 16.5. The van der Waals surface area contributed by atoms with Gasteiger partial charge in [0.05, 0.1) is 50.1 Å². The minimum atomic E-state index is -2.83. The third-order valence-electron chi connectivity index (χ3n) is 9.49. The monoisotopic (exact) mass is 683 g/mol. The van der Waals surface area contributed by atoms with Crippen molar-refractivity contribution in [3.63, 3.8) is 0 Å². The summed E-state index contributed by atoms with van der Waals surface area (Å²) >= 11 is 1.36. The van der Waals surface area contributed by atoms with Crippen LogP contribution in [0.5, 0.6) is 5.88 Å². The van der Waals surface area contributed by atoms with Crippen LogP contribution in [0.3, 0.4) is 0 Å². The lowest BCUT2D eigenvalue weighted by Crippen LogP contribution is -2.68. The molecule has 3 saturated heterocycles. The Balaban J connectivity index is 1.20. The zero-order valence-corrected chi connectivity index (χ0v) is 27.2. The van der Waals surface area contributed by atoms with Gasteiger partial charge in [-0.25, -0.2) is 28.3 Å². The highest BCUT2D eigenvalue weighted by Gasteiger charge is 2.50. The second kappa shape index (κ2) is 12.9.